The quantitative estimate of drug-likeness (QED) is 0.615. The van der Waals surface area contributed by atoms with E-state index in [1.165, 1.54) is 7.05 Å². The number of rotatable bonds is 2. The lowest BCUT2D eigenvalue weighted by Gasteiger charge is -2.08. The van der Waals surface area contributed by atoms with Crippen molar-refractivity contribution in [3.8, 4) is 0 Å². The molecule has 1 heterocycles. The summed E-state index contributed by atoms with van der Waals surface area (Å²) >= 11 is 0. The summed E-state index contributed by atoms with van der Waals surface area (Å²) in [6.45, 7) is 0. The molecule has 1 aliphatic rings. The number of hydrogen-bond donors (Lipinski definition) is 0. The van der Waals surface area contributed by atoms with Crippen LogP contribution in [0.5, 0.6) is 0 Å². The molecule has 2 amide bonds. The highest BCUT2D eigenvalue weighted by Gasteiger charge is 2.33. The highest BCUT2D eigenvalue weighted by molar-refractivity contribution is 6.21. The van der Waals surface area contributed by atoms with Crippen LogP contribution < -0.4 is 0 Å². The normalized spacial score (nSPS) is 15.4. The minimum absolute atomic E-state index is 0.280. The Labute approximate surface area is 116 Å². The van der Waals surface area contributed by atoms with Gasteiger partial charge in [0.1, 0.15) is 0 Å². The third-order valence-electron chi connectivity index (χ3n) is 3.58. The molecule has 0 bridgehead atoms. The van der Waals surface area contributed by atoms with Gasteiger partial charge in [-0.1, -0.05) is 30.3 Å². The van der Waals surface area contributed by atoms with Crippen LogP contribution in [0, 0.1) is 0 Å². The van der Waals surface area contributed by atoms with E-state index in [4.69, 9.17) is 5.11 Å². The highest BCUT2D eigenvalue weighted by Crippen LogP contribution is 2.28. The van der Waals surface area contributed by atoms with Gasteiger partial charge in [0, 0.05) is 18.2 Å². The number of imide groups is 1. The molecule has 0 saturated heterocycles. The van der Waals surface area contributed by atoms with E-state index in [2.05, 4.69) is 0 Å². The van der Waals surface area contributed by atoms with Gasteiger partial charge >= 0.3 is 0 Å². The second kappa shape index (κ2) is 4.58. The molecular weight excluding hydrogens is 254 g/mol. The van der Waals surface area contributed by atoms with Gasteiger partial charge in [0.2, 0.25) is 6.10 Å². The number of carbonyl (C=O) groups is 2. The monoisotopic (exact) mass is 268 g/mol. The van der Waals surface area contributed by atoms with Crippen molar-refractivity contribution >= 4 is 11.8 Å². The van der Waals surface area contributed by atoms with Crippen LogP contribution in [0.15, 0.2) is 48.5 Å². The molecule has 2 N–H and O–H groups in total. The molecule has 0 aliphatic carbocycles. The Morgan fingerprint density at radius 2 is 1.55 bits per heavy atom. The van der Waals surface area contributed by atoms with Gasteiger partial charge in [-0.05, 0) is 18.2 Å². The van der Waals surface area contributed by atoms with E-state index in [9.17, 15) is 9.59 Å². The number of nitrogens with zero attached hydrogens (tertiary/aromatic N) is 1. The average molecular weight is 268 g/mol. The van der Waals surface area contributed by atoms with Crippen LogP contribution in [0.1, 0.15) is 37.9 Å². The number of benzene rings is 2. The van der Waals surface area contributed by atoms with Crippen LogP contribution in [0.2, 0.25) is 0 Å². The van der Waals surface area contributed by atoms with Crippen molar-refractivity contribution in [3.05, 3.63) is 70.8 Å². The summed E-state index contributed by atoms with van der Waals surface area (Å²) in [4.78, 5) is 24.9. The van der Waals surface area contributed by atoms with E-state index < -0.39 is 6.10 Å². The predicted octanol–water partition coefficient (Wildman–Crippen LogP) is 1.73. The molecule has 0 spiro atoms. The van der Waals surface area contributed by atoms with Gasteiger partial charge < -0.3 is 5.11 Å². The number of amides is 2. The van der Waals surface area contributed by atoms with Crippen molar-refractivity contribution in [2.24, 2.45) is 0 Å². The molecule has 2 aromatic rings. The fraction of sp³-hybridized carbons (Fsp3) is 0.125. The number of carbonyl (C=O) groups excluding carboxylic acids is 2. The van der Waals surface area contributed by atoms with E-state index in [1.807, 2.05) is 30.3 Å². The van der Waals surface area contributed by atoms with Crippen LogP contribution in [0.4, 0.5) is 0 Å². The standard InChI is InChI=1S/C16H13NO3/c1-17-15(19)12-8-7-11(9-13(12)16(17)20)14(18)10-5-3-2-4-6-10/h2-9,14,18H,1H3/p+1. The van der Waals surface area contributed by atoms with Crippen molar-refractivity contribution in [3.63, 3.8) is 0 Å². The maximum Gasteiger partial charge on any atom is 0.261 e. The van der Waals surface area contributed by atoms with Crippen molar-refractivity contribution in [1.29, 1.82) is 0 Å². The van der Waals surface area contributed by atoms with Crippen LogP contribution in [0.25, 0.3) is 0 Å². The first kappa shape index (κ1) is 12.6. The molecule has 4 heteroatoms. The minimum Gasteiger partial charge on any atom is -0.436 e. The Bertz CT molecular complexity index is 694. The molecule has 4 nitrogen and oxygen atoms in total. The number of hydrogen-bond acceptors (Lipinski definition) is 2. The molecule has 100 valence electrons. The molecule has 0 radical (unpaired) electrons. The third kappa shape index (κ3) is 1.82. The van der Waals surface area contributed by atoms with Gasteiger partial charge in [-0.2, -0.15) is 0 Å². The fourth-order valence-electron chi connectivity index (χ4n) is 2.40. The van der Waals surface area contributed by atoms with Gasteiger partial charge in [-0.3, -0.25) is 14.5 Å². The molecule has 1 aliphatic heterocycles. The largest absolute Gasteiger partial charge is 0.436 e. The van der Waals surface area contributed by atoms with Crippen molar-refractivity contribution in [2.45, 2.75) is 6.10 Å². The van der Waals surface area contributed by atoms with Crippen LogP contribution in [-0.2, 0) is 0 Å². The van der Waals surface area contributed by atoms with Gasteiger partial charge in [-0.15, -0.1) is 0 Å². The first-order valence-electron chi connectivity index (χ1n) is 6.32. The summed E-state index contributed by atoms with van der Waals surface area (Å²) in [5.41, 5.74) is 2.38. The maximum atomic E-state index is 12.0. The van der Waals surface area contributed by atoms with E-state index in [1.54, 1.807) is 18.2 Å². The van der Waals surface area contributed by atoms with E-state index in [0.717, 1.165) is 10.5 Å². The molecule has 0 saturated carbocycles. The second-order valence-electron chi connectivity index (χ2n) is 4.82. The van der Waals surface area contributed by atoms with Gasteiger partial charge in [0.05, 0.1) is 11.1 Å². The van der Waals surface area contributed by atoms with Gasteiger partial charge in [0.15, 0.2) is 0 Å². The van der Waals surface area contributed by atoms with Crippen LogP contribution in [0.3, 0.4) is 0 Å². The minimum atomic E-state index is -0.560. The smallest absolute Gasteiger partial charge is 0.261 e. The average Bonchev–Trinajstić information content (AvgIpc) is 2.72. The Hall–Kier alpha value is -2.46. The van der Waals surface area contributed by atoms with E-state index in [-0.39, 0.29) is 11.8 Å². The fourth-order valence-corrected chi connectivity index (χ4v) is 2.40. The third-order valence-corrected chi connectivity index (χ3v) is 3.58. The molecule has 2 aromatic carbocycles. The Morgan fingerprint density at radius 3 is 2.25 bits per heavy atom. The second-order valence-corrected chi connectivity index (χ2v) is 4.82. The SMILES string of the molecule is CN1C(=O)c2ccc(C([OH2+])c3ccccc3)cc2C1=O. The van der Waals surface area contributed by atoms with E-state index in [0.29, 0.717) is 16.7 Å². The molecule has 3 rings (SSSR count). The first-order chi connectivity index (χ1) is 9.59. The molecular formula is C16H14NO3+. The van der Waals surface area contributed by atoms with E-state index >= 15 is 0 Å². The summed E-state index contributed by atoms with van der Waals surface area (Å²) in [7, 11) is 1.47. The van der Waals surface area contributed by atoms with Crippen molar-refractivity contribution < 1.29 is 14.7 Å². The van der Waals surface area contributed by atoms with Gasteiger partial charge in [0.25, 0.3) is 11.8 Å². The Balaban J connectivity index is 2.03. The summed E-state index contributed by atoms with van der Waals surface area (Å²) in [5.74, 6) is -0.579. The lowest BCUT2D eigenvalue weighted by Crippen LogP contribution is -2.24. The van der Waals surface area contributed by atoms with Gasteiger partial charge in [-0.25, -0.2) is 0 Å². The molecule has 1 atom stereocenters. The van der Waals surface area contributed by atoms with Crippen LogP contribution in [-0.4, -0.2) is 28.9 Å². The lowest BCUT2D eigenvalue weighted by atomic mass is 9.98. The lowest BCUT2D eigenvalue weighted by molar-refractivity contribution is 0.0693. The van der Waals surface area contributed by atoms with Crippen molar-refractivity contribution in [1.82, 2.24) is 4.90 Å². The number of fused-ring (bicyclic) bond motifs is 1. The summed E-state index contributed by atoms with van der Waals surface area (Å²) in [6.07, 6.45) is -0.560. The Kier molecular flexibility index (Phi) is 2.88. The van der Waals surface area contributed by atoms with Crippen LogP contribution >= 0.6 is 0 Å². The zero-order chi connectivity index (χ0) is 14.3. The summed E-state index contributed by atoms with van der Waals surface area (Å²) in [5, 5.41) is 8.27. The molecule has 20 heavy (non-hydrogen) atoms. The zero-order valence-corrected chi connectivity index (χ0v) is 11.0. The summed E-state index contributed by atoms with van der Waals surface area (Å²) in [6, 6.07) is 14.5. The predicted molar refractivity (Wildman–Crippen MR) is 74.8 cm³/mol. The van der Waals surface area contributed by atoms with Crippen molar-refractivity contribution in [2.75, 3.05) is 7.05 Å². The topological polar surface area (TPSA) is 60.3 Å². The first-order valence-corrected chi connectivity index (χ1v) is 6.32. The Morgan fingerprint density at radius 1 is 0.900 bits per heavy atom. The molecule has 1 unspecified atom stereocenters. The summed E-state index contributed by atoms with van der Waals surface area (Å²) < 4.78 is 0. The zero-order valence-electron chi connectivity index (χ0n) is 11.0. The maximum absolute atomic E-state index is 12.0. The molecule has 0 fully saturated rings. The highest BCUT2D eigenvalue weighted by atomic mass is 16.3. The molecule has 0 aromatic heterocycles.